The van der Waals surface area contributed by atoms with Crippen LogP contribution in [0.4, 0.5) is 0 Å². The van der Waals surface area contributed by atoms with Crippen molar-refractivity contribution < 1.29 is 53.6 Å². The monoisotopic (exact) mass is 675 g/mol. The van der Waals surface area contributed by atoms with E-state index in [4.69, 9.17) is 28.4 Å². The predicted octanol–water partition coefficient (Wildman–Crippen LogP) is 2.57. The molecule has 0 spiro atoms. The van der Waals surface area contributed by atoms with Gasteiger partial charge in [-0.05, 0) is 66.5 Å². The second-order valence-corrected chi connectivity index (χ2v) is 15.2. The molecule has 3 rings (SSSR count). The van der Waals surface area contributed by atoms with E-state index in [1.165, 1.54) is 7.11 Å². The highest BCUT2D eigenvalue weighted by Gasteiger charge is 2.47. The van der Waals surface area contributed by atoms with Crippen molar-refractivity contribution >= 4 is 5.97 Å². The molecular weight excluding hydrogens is 610 g/mol. The van der Waals surface area contributed by atoms with Crippen molar-refractivity contribution in [1.82, 2.24) is 4.90 Å². The SMILES string of the molecule is CO[C@H]1C[C@H](O[C@H]2[C@H](C)[C@@H](O[C@@H]3O[C@H](C)C[C@H](N(C)C)[C@H]3O)[C@@H](C)C[C@H](C)[C@@H](O)[C@H](C)[C@@H](O)[C@@H](C)[C@@H](C)OC(=O)[C@@H]2C)O[C@@H](C)[C@@H]1O. The molecule has 0 aromatic heterocycles. The van der Waals surface area contributed by atoms with Crippen molar-refractivity contribution in [2.24, 2.45) is 35.5 Å². The molecule has 0 saturated carbocycles. The Labute approximate surface area is 282 Å². The normalized spacial score (nSPS) is 49.7. The largest absolute Gasteiger partial charge is 0.462 e. The van der Waals surface area contributed by atoms with Gasteiger partial charge in [-0.25, -0.2) is 0 Å². The molecule has 3 fully saturated rings. The van der Waals surface area contributed by atoms with Gasteiger partial charge in [0.05, 0.1) is 48.6 Å². The summed E-state index contributed by atoms with van der Waals surface area (Å²) in [6.45, 7) is 16.8. The van der Waals surface area contributed by atoms with Gasteiger partial charge in [0.1, 0.15) is 18.3 Å². The molecule has 0 radical (unpaired) electrons. The van der Waals surface area contributed by atoms with Crippen LogP contribution in [0.5, 0.6) is 0 Å². The summed E-state index contributed by atoms with van der Waals surface area (Å²) in [6, 6.07) is -0.185. The molecule has 12 heteroatoms. The summed E-state index contributed by atoms with van der Waals surface area (Å²) in [5.74, 6) is -3.04. The highest BCUT2D eigenvalue weighted by Crippen LogP contribution is 2.38. The minimum Gasteiger partial charge on any atom is -0.462 e. The summed E-state index contributed by atoms with van der Waals surface area (Å²) in [6.07, 6.45) is -7.06. The number of methoxy groups -OCH3 is 1. The fraction of sp³-hybridized carbons (Fsp3) is 0.971. The molecule has 0 unspecified atom stereocenters. The number of carbonyl (C=O) groups is 1. The summed E-state index contributed by atoms with van der Waals surface area (Å²) < 4.78 is 37.2. The maximum Gasteiger partial charge on any atom is 0.311 e. The van der Waals surface area contributed by atoms with E-state index in [0.29, 0.717) is 12.8 Å². The first-order chi connectivity index (χ1) is 21.9. The van der Waals surface area contributed by atoms with Crippen molar-refractivity contribution in [2.75, 3.05) is 21.2 Å². The lowest BCUT2D eigenvalue weighted by Crippen LogP contribution is -2.57. The zero-order chi connectivity index (χ0) is 35.5. The zero-order valence-corrected chi connectivity index (χ0v) is 30.7. The maximum atomic E-state index is 13.8. The molecule has 0 aromatic rings. The highest BCUT2D eigenvalue weighted by molar-refractivity contribution is 5.73. The van der Waals surface area contributed by atoms with Crippen LogP contribution in [0.25, 0.3) is 0 Å². The average Bonchev–Trinajstić information content (AvgIpc) is 3.02. The Morgan fingerprint density at radius 3 is 1.91 bits per heavy atom. The van der Waals surface area contributed by atoms with E-state index < -0.39 is 97.2 Å². The Bertz CT molecular complexity index is 972. The molecule has 47 heavy (non-hydrogen) atoms. The molecule has 3 saturated heterocycles. The van der Waals surface area contributed by atoms with Crippen LogP contribution in [-0.4, -0.2) is 132 Å². The van der Waals surface area contributed by atoms with E-state index in [1.807, 2.05) is 60.5 Å². The Morgan fingerprint density at radius 2 is 1.32 bits per heavy atom. The van der Waals surface area contributed by atoms with Crippen LogP contribution in [-0.2, 0) is 33.2 Å². The van der Waals surface area contributed by atoms with Gasteiger partial charge in [-0.3, -0.25) is 4.79 Å². The lowest BCUT2D eigenvalue weighted by atomic mass is 9.76. The van der Waals surface area contributed by atoms with Gasteiger partial charge in [0.25, 0.3) is 0 Å². The van der Waals surface area contributed by atoms with Crippen LogP contribution in [0, 0.1) is 35.5 Å². The molecular formula is C35H65NO11. The molecule has 19 atom stereocenters. The summed E-state index contributed by atoms with van der Waals surface area (Å²) in [4.78, 5) is 15.8. The molecule has 12 nitrogen and oxygen atoms in total. The molecule has 4 N–H and O–H groups in total. The molecule has 0 amide bonds. The number of likely N-dealkylation sites (N-methyl/N-ethyl adjacent to an activating group) is 1. The van der Waals surface area contributed by atoms with Crippen molar-refractivity contribution in [2.45, 2.75) is 161 Å². The zero-order valence-electron chi connectivity index (χ0n) is 30.7. The molecule has 3 heterocycles. The lowest BCUT2D eigenvalue weighted by molar-refractivity contribution is -0.299. The quantitative estimate of drug-likeness (QED) is 0.306. The number of ether oxygens (including phenoxy) is 6. The fourth-order valence-corrected chi connectivity index (χ4v) is 7.84. The Kier molecular flexibility index (Phi) is 14.9. The third-order valence-electron chi connectivity index (χ3n) is 11.3. The first-order valence-electron chi connectivity index (χ1n) is 17.6. The maximum absolute atomic E-state index is 13.8. The van der Waals surface area contributed by atoms with Crippen LogP contribution in [0.2, 0.25) is 0 Å². The van der Waals surface area contributed by atoms with Crippen LogP contribution >= 0.6 is 0 Å². The van der Waals surface area contributed by atoms with Crippen LogP contribution in [0.15, 0.2) is 0 Å². The number of aliphatic hydroxyl groups excluding tert-OH is 4. The van der Waals surface area contributed by atoms with Gasteiger partial charge in [-0.1, -0.05) is 34.6 Å². The van der Waals surface area contributed by atoms with Gasteiger partial charge in [0, 0.05) is 37.3 Å². The Morgan fingerprint density at radius 1 is 0.681 bits per heavy atom. The van der Waals surface area contributed by atoms with Gasteiger partial charge in [0.2, 0.25) is 0 Å². The van der Waals surface area contributed by atoms with Crippen molar-refractivity contribution in [3.05, 3.63) is 0 Å². The van der Waals surface area contributed by atoms with Gasteiger partial charge >= 0.3 is 5.97 Å². The van der Waals surface area contributed by atoms with E-state index >= 15 is 0 Å². The first-order valence-corrected chi connectivity index (χ1v) is 17.6. The number of hydrogen-bond acceptors (Lipinski definition) is 12. The number of esters is 1. The third-order valence-corrected chi connectivity index (χ3v) is 11.3. The first kappa shape index (κ1) is 40.5. The van der Waals surface area contributed by atoms with E-state index in [9.17, 15) is 25.2 Å². The topological polar surface area (TPSA) is 157 Å². The second-order valence-electron chi connectivity index (χ2n) is 15.2. The smallest absolute Gasteiger partial charge is 0.311 e. The number of carbonyl (C=O) groups excluding carboxylic acids is 1. The summed E-state index contributed by atoms with van der Waals surface area (Å²) in [7, 11) is 5.37. The van der Waals surface area contributed by atoms with Gasteiger partial charge < -0.3 is 53.7 Å². The third kappa shape index (κ3) is 9.65. The number of aliphatic hydroxyl groups is 4. The highest BCUT2D eigenvalue weighted by atomic mass is 16.7. The molecule has 276 valence electrons. The number of nitrogens with zero attached hydrogens (tertiary/aromatic N) is 1. The summed E-state index contributed by atoms with van der Waals surface area (Å²) in [5.41, 5.74) is 0. The van der Waals surface area contributed by atoms with Crippen LogP contribution in [0.1, 0.15) is 81.6 Å². The lowest BCUT2D eigenvalue weighted by Gasteiger charge is -2.46. The summed E-state index contributed by atoms with van der Waals surface area (Å²) in [5, 5.41) is 44.6. The summed E-state index contributed by atoms with van der Waals surface area (Å²) >= 11 is 0. The molecule has 3 aliphatic heterocycles. The van der Waals surface area contributed by atoms with Gasteiger partial charge in [-0.2, -0.15) is 0 Å². The van der Waals surface area contributed by atoms with E-state index in [-0.39, 0.29) is 30.4 Å². The van der Waals surface area contributed by atoms with Crippen molar-refractivity contribution in [3.8, 4) is 0 Å². The Hall–Kier alpha value is -0.930. The Balaban J connectivity index is 2.06. The number of cyclic esters (lactones) is 1. The average molecular weight is 676 g/mol. The van der Waals surface area contributed by atoms with E-state index in [1.54, 1.807) is 20.8 Å². The predicted molar refractivity (Wildman–Crippen MR) is 175 cm³/mol. The van der Waals surface area contributed by atoms with Crippen molar-refractivity contribution in [1.29, 1.82) is 0 Å². The molecule has 3 aliphatic rings. The molecule has 0 aromatic carbocycles. The van der Waals surface area contributed by atoms with E-state index in [2.05, 4.69) is 0 Å². The second kappa shape index (κ2) is 17.3. The van der Waals surface area contributed by atoms with E-state index in [0.717, 1.165) is 0 Å². The molecule has 0 bridgehead atoms. The standard InChI is InChI=1S/C35H65NO11/c1-16-13-17(2)32(47-35-31(40)25(36(10)11)14-18(3)43-35)21(6)33(46-27-15-26(42-12)30(39)24(9)44-27)22(7)34(41)45-23(8)19(4)29(38)20(5)28(16)37/h16-33,35,37-40H,13-15H2,1-12H3/t16-,17-,18+,19-,20-,21+,22+,23+,24-,25-,26-,27-,28+,29-,30-,31+,32-,33-,35-/m0/s1. The van der Waals surface area contributed by atoms with Gasteiger partial charge in [-0.15, -0.1) is 0 Å². The van der Waals surface area contributed by atoms with Gasteiger partial charge in [0.15, 0.2) is 12.6 Å². The minimum atomic E-state index is -0.941. The van der Waals surface area contributed by atoms with Crippen LogP contribution in [0.3, 0.4) is 0 Å². The minimum absolute atomic E-state index is 0.165. The number of rotatable bonds is 6. The van der Waals surface area contributed by atoms with Crippen molar-refractivity contribution in [3.63, 3.8) is 0 Å². The fourth-order valence-electron chi connectivity index (χ4n) is 7.84. The molecule has 0 aliphatic carbocycles. The number of hydrogen-bond donors (Lipinski definition) is 4. The van der Waals surface area contributed by atoms with Crippen LogP contribution < -0.4 is 0 Å².